The number of hydrogen-bond donors (Lipinski definition) is 3. The summed E-state index contributed by atoms with van der Waals surface area (Å²) >= 11 is 11.6. The largest absolute Gasteiger partial charge is 0.508 e. The summed E-state index contributed by atoms with van der Waals surface area (Å²) in [5.41, 5.74) is 0.0230. The highest BCUT2D eigenvalue weighted by Crippen LogP contribution is 2.23. The second kappa shape index (κ2) is 6.03. The van der Waals surface area contributed by atoms with Gasteiger partial charge in [0.15, 0.2) is 0 Å². The number of halogens is 2. The van der Waals surface area contributed by atoms with Crippen LogP contribution in [0.15, 0.2) is 36.4 Å². The van der Waals surface area contributed by atoms with Crippen LogP contribution < -0.4 is 5.32 Å². The fourth-order valence-electron chi connectivity index (χ4n) is 1.70. The van der Waals surface area contributed by atoms with Crippen LogP contribution in [0.5, 0.6) is 5.75 Å². The van der Waals surface area contributed by atoms with Crippen LogP contribution in [0.4, 0.5) is 5.69 Å². The predicted octanol–water partition coefficient (Wildman–Crippen LogP) is 3.65. The summed E-state index contributed by atoms with van der Waals surface area (Å²) in [5, 5.41) is 21.4. The lowest BCUT2D eigenvalue weighted by Gasteiger charge is -2.09. The van der Waals surface area contributed by atoms with Crippen LogP contribution in [0.25, 0.3) is 0 Å². The van der Waals surface area contributed by atoms with E-state index in [4.69, 9.17) is 28.3 Å². The van der Waals surface area contributed by atoms with E-state index in [-0.39, 0.29) is 32.6 Å². The Balaban J connectivity index is 2.33. The standard InChI is InChI=1S/C14H9Cl2NO4/c15-8-3-7(4-9(16)5-8)13(19)17-12-2-1-10(18)6-11(12)14(20)21/h1-6,18H,(H,17,19)(H,20,21). The first-order chi connectivity index (χ1) is 9.86. The molecule has 108 valence electrons. The molecule has 0 unspecified atom stereocenters. The molecule has 0 aliphatic carbocycles. The minimum atomic E-state index is -1.27. The van der Waals surface area contributed by atoms with Gasteiger partial charge in [0, 0.05) is 15.6 Å². The van der Waals surface area contributed by atoms with Gasteiger partial charge >= 0.3 is 5.97 Å². The summed E-state index contributed by atoms with van der Waals surface area (Å²) in [5.74, 6) is -2.05. The van der Waals surface area contributed by atoms with Gasteiger partial charge in [-0.05, 0) is 36.4 Å². The molecule has 1 amide bonds. The molecule has 0 heterocycles. The van der Waals surface area contributed by atoms with Crippen molar-refractivity contribution in [3.63, 3.8) is 0 Å². The molecule has 0 saturated heterocycles. The Labute approximate surface area is 129 Å². The van der Waals surface area contributed by atoms with Crippen molar-refractivity contribution in [3.05, 3.63) is 57.6 Å². The average molecular weight is 326 g/mol. The normalized spacial score (nSPS) is 10.2. The van der Waals surface area contributed by atoms with Crippen LogP contribution in [0.2, 0.25) is 10.0 Å². The number of hydrogen-bond acceptors (Lipinski definition) is 3. The summed E-state index contributed by atoms with van der Waals surface area (Å²) in [7, 11) is 0. The Morgan fingerprint density at radius 3 is 2.19 bits per heavy atom. The van der Waals surface area contributed by atoms with E-state index >= 15 is 0 Å². The molecule has 0 radical (unpaired) electrons. The summed E-state index contributed by atoms with van der Waals surface area (Å²) in [6, 6.07) is 7.90. The van der Waals surface area contributed by atoms with E-state index in [0.717, 1.165) is 6.07 Å². The van der Waals surface area contributed by atoms with Crippen molar-refractivity contribution >= 4 is 40.8 Å². The monoisotopic (exact) mass is 325 g/mol. The van der Waals surface area contributed by atoms with E-state index in [1.165, 1.54) is 30.3 Å². The van der Waals surface area contributed by atoms with E-state index in [9.17, 15) is 14.7 Å². The number of amides is 1. The van der Waals surface area contributed by atoms with Crippen molar-refractivity contribution in [2.24, 2.45) is 0 Å². The number of phenols is 1. The summed E-state index contributed by atoms with van der Waals surface area (Å²) in [4.78, 5) is 23.2. The zero-order chi connectivity index (χ0) is 15.6. The average Bonchev–Trinajstić information content (AvgIpc) is 2.39. The number of benzene rings is 2. The minimum absolute atomic E-state index is 0.0568. The first-order valence-electron chi connectivity index (χ1n) is 5.70. The third-order valence-corrected chi connectivity index (χ3v) is 3.04. The molecule has 0 atom stereocenters. The van der Waals surface area contributed by atoms with E-state index in [0.29, 0.717) is 0 Å². The topological polar surface area (TPSA) is 86.6 Å². The molecule has 7 heteroatoms. The van der Waals surface area contributed by atoms with Crippen LogP contribution in [-0.2, 0) is 0 Å². The Morgan fingerprint density at radius 2 is 1.62 bits per heavy atom. The van der Waals surface area contributed by atoms with E-state index in [2.05, 4.69) is 5.32 Å². The Kier molecular flexibility index (Phi) is 4.35. The number of nitrogens with one attached hydrogen (secondary N) is 1. The van der Waals surface area contributed by atoms with Crippen molar-refractivity contribution in [1.82, 2.24) is 0 Å². The molecule has 0 aromatic heterocycles. The van der Waals surface area contributed by atoms with Gasteiger partial charge in [0.2, 0.25) is 0 Å². The molecule has 0 aliphatic rings. The number of phenolic OH excluding ortho intramolecular Hbond substituents is 1. The fourth-order valence-corrected chi connectivity index (χ4v) is 2.22. The summed E-state index contributed by atoms with van der Waals surface area (Å²) in [6.07, 6.45) is 0. The van der Waals surface area contributed by atoms with Crippen LogP contribution >= 0.6 is 23.2 Å². The quantitative estimate of drug-likeness (QED) is 0.752. The van der Waals surface area contributed by atoms with Crippen molar-refractivity contribution in [2.75, 3.05) is 5.32 Å². The molecule has 0 saturated carbocycles. The summed E-state index contributed by atoms with van der Waals surface area (Å²) < 4.78 is 0. The van der Waals surface area contributed by atoms with Gasteiger partial charge in [-0.15, -0.1) is 0 Å². The maximum atomic E-state index is 12.1. The second-order valence-electron chi connectivity index (χ2n) is 4.15. The fraction of sp³-hybridized carbons (Fsp3) is 0. The second-order valence-corrected chi connectivity index (χ2v) is 5.02. The molecule has 2 rings (SSSR count). The minimum Gasteiger partial charge on any atom is -0.508 e. The smallest absolute Gasteiger partial charge is 0.337 e. The van der Waals surface area contributed by atoms with Gasteiger partial charge in [-0.2, -0.15) is 0 Å². The number of carbonyl (C=O) groups excluding carboxylic acids is 1. The van der Waals surface area contributed by atoms with Gasteiger partial charge in [0.1, 0.15) is 5.75 Å². The number of carbonyl (C=O) groups is 2. The SMILES string of the molecule is O=C(Nc1ccc(O)cc1C(=O)O)c1cc(Cl)cc(Cl)c1. The van der Waals surface area contributed by atoms with Gasteiger partial charge in [-0.1, -0.05) is 23.2 Å². The molecular formula is C14H9Cl2NO4. The highest BCUT2D eigenvalue weighted by Gasteiger charge is 2.15. The molecule has 0 aliphatic heterocycles. The summed E-state index contributed by atoms with van der Waals surface area (Å²) in [6.45, 7) is 0. The van der Waals surface area contributed by atoms with Gasteiger partial charge < -0.3 is 15.5 Å². The lowest BCUT2D eigenvalue weighted by Crippen LogP contribution is -2.14. The van der Waals surface area contributed by atoms with Gasteiger partial charge in [0.25, 0.3) is 5.91 Å². The maximum absolute atomic E-state index is 12.1. The molecule has 0 spiro atoms. The van der Waals surface area contributed by atoms with Crippen molar-refractivity contribution in [2.45, 2.75) is 0 Å². The van der Waals surface area contributed by atoms with E-state index in [1.807, 2.05) is 0 Å². The number of aromatic carboxylic acids is 1. The zero-order valence-corrected chi connectivity index (χ0v) is 11.9. The predicted molar refractivity (Wildman–Crippen MR) is 79.5 cm³/mol. The molecule has 2 aromatic rings. The zero-order valence-electron chi connectivity index (χ0n) is 10.4. The molecule has 3 N–H and O–H groups in total. The molecule has 0 fully saturated rings. The molecule has 21 heavy (non-hydrogen) atoms. The number of carboxylic acid groups (broad SMARTS) is 1. The third kappa shape index (κ3) is 3.65. The van der Waals surface area contributed by atoms with Crippen LogP contribution in [0, 0.1) is 0 Å². The van der Waals surface area contributed by atoms with Crippen molar-refractivity contribution < 1.29 is 19.8 Å². The van der Waals surface area contributed by atoms with Crippen LogP contribution in [0.3, 0.4) is 0 Å². The van der Waals surface area contributed by atoms with E-state index in [1.54, 1.807) is 0 Å². The highest BCUT2D eigenvalue weighted by atomic mass is 35.5. The number of rotatable bonds is 3. The first kappa shape index (κ1) is 15.2. The Morgan fingerprint density at radius 1 is 1.00 bits per heavy atom. The maximum Gasteiger partial charge on any atom is 0.337 e. The molecule has 2 aromatic carbocycles. The van der Waals surface area contributed by atoms with Gasteiger partial charge in [-0.25, -0.2) is 4.79 Å². The lowest BCUT2D eigenvalue weighted by molar-refractivity contribution is 0.0697. The molecular weight excluding hydrogens is 317 g/mol. The number of aromatic hydroxyl groups is 1. The van der Waals surface area contributed by atoms with Crippen LogP contribution in [-0.4, -0.2) is 22.1 Å². The van der Waals surface area contributed by atoms with Gasteiger partial charge in [0.05, 0.1) is 11.3 Å². The number of anilines is 1. The first-order valence-corrected chi connectivity index (χ1v) is 6.46. The lowest BCUT2D eigenvalue weighted by atomic mass is 10.1. The molecule has 0 bridgehead atoms. The third-order valence-electron chi connectivity index (χ3n) is 2.61. The Bertz CT molecular complexity index is 711. The molecule has 5 nitrogen and oxygen atoms in total. The Hall–Kier alpha value is -2.24. The number of carboxylic acids is 1. The highest BCUT2D eigenvalue weighted by molar-refractivity contribution is 6.35. The van der Waals surface area contributed by atoms with Crippen molar-refractivity contribution in [1.29, 1.82) is 0 Å². The van der Waals surface area contributed by atoms with E-state index < -0.39 is 11.9 Å². The van der Waals surface area contributed by atoms with Crippen molar-refractivity contribution in [3.8, 4) is 5.75 Å². The van der Waals surface area contributed by atoms with Crippen LogP contribution in [0.1, 0.15) is 20.7 Å². The van der Waals surface area contributed by atoms with Gasteiger partial charge in [-0.3, -0.25) is 4.79 Å².